The Bertz CT molecular complexity index is 3950. The van der Waals surface area contributed by atoms with Crippen LogP contribution < -0.4 is 0 Å². The maximum absolute atomic E-state index is 16.4. The van der Waals surface area contributed by atoms with E-state index in [0.717, 1.165) is 0 Å². The minimum absolute atomic E-state index is 0.159. The van der Waals surface area contributed by atoms with E-state index in [1.54, 1.807) is 4.98 Å². The monoisotopic (exact) mass is 1100 g/mol. The number of aromatic nitrogens is 4. The molecule has 0 fully saturated rings. The van der Waals surface area contributed by atoms with Gasteiger partial charge in [-0.15, -0.1) is 0 Å². The first-order valence-electron chi connectivity index (χ1n) is 19.9. The second kappa shape index (κ2) is 18.1. The summed E-state index contributed by atoms with van der Waals surface area (Å²) in [5.74, 6) is -68.1. The number of alkyl halides is 2. The first-order chi connectivity index (χ1) is 35.6. The quantitative estimate of drug-likeness (QED) is 0.0990. The van der Waals surface area contributed by atoms with Crippen LogP contribution in [-0.2, 0) is 5.92 Å². The van der Waals surface area contributed by atoms with Gasteiger partial charge in [0, 0.05) is 38.8 Å². The third kappa shape index (κ3) is 7.50. The zero-order chi connectivity index (χ0) is 55.8. The highest BCUT2D eigenvalue weighted by molar-refractivity contribution is 6.01. The highest BCUT2D eigenvalue weighted by atomic mass is 19.3. The van der Waals surface area contributed by atoms with Gasteiger partial charge in [0.2, 0.25) is 29.1 Å². The Hall–Kier alpha value is -8.53. The molecule has 2 aliphatic heterocycles. The van der Waals surface area contributed by atoms with E-state index in [1.807, 2.05) is 0 Å². The average molecular weight is 1100 g/mol. The van der Waals surface area contributed by atoms with Crippen LogP contribution in [0, 0.1) is 116 Å². The Morgan fingerprint density at radius 1 is 0.316 bits per heavy atom. The van der Waals surface area contributed by atoms with Gasteiger partial charge in [0.1, 0.15) is 0 Å². The molecule has 2 aliphatic rings. The van der Waals surface area contributed by atoms with E-state index in [0.29, 0.717) is 18.2 Å². The maximum Gasteiger partial charge on any atom is 0.331 e. The van der Waals surface area contributed by atoms with Gasteiger partial charge in [-0.2, -0.15) is 22.0 Å². The summed E-state index contributed by atoms with van der Waals surface area (Å²) < 4.78 is 382. The standard InChI is InChI=1S/C47H9F25N4/c48-24-20(25(49)33(57)40(64)32(24)56)16-9-1-2-10(73-9)17(21-26(50)34(58)41(65)35(59)27(21)51)12-5-6-14(75-12)19(23-30(54)38(62)43(67)39(63)31(23)55)44-8(47(71,72)45(68)46(69)70)7-15(76-44)18(13-4-3-11(16)74-13)22-28(52)36(60)42(66)37(61)29(22)53/h1-7,73,76H. The third-order valence-electron chi connectivity index (χ3n) is 11.5. The number of fused-ring (bicyclic) bond motifs is 8. The number of nitrogens with zero attached hydrogens (tertiary/aromatic N) is 2. The summed E-state index contributed by atoms with van der Waals surface area (Å²) in [6.45, 7) is 0. The van der Waals surface area contributed by atoms with Crippen molar-refractivity contribution in [1.82, 2.24) is 19.9 Å². The topological polar surface area (TPSA) is 57.4 Å². The molecule has 4 aromatic carbocycles. The van der Waals surface area contributed by atoms with Gasteiger partial charge in [0.15, 0.2) is 93.1 Å². The lowest BCUT2D eigenvalue weighted by Gasteiger charge is -2.15. The molecule has 0 atom stereocenters. The fourth-order valence-electron chi connectivity index (χ4n) is 8.12. The van der Waals surface area contributed by atoms with Crippen molar-refractivity contribution in [2.75, 3.05) is 0 Å². The summed E-state index contributed by atoms with van der Waals surface area (Å²) >= 11 is 0. The molecule has 0 spiro atoms. The molecule has 0 saturated heterocycles. The van der Waals surface area contributed by atoms with Crippen LogP contribution in [0.3, 0.4) is 0 Å². The van der Waals surface area contributed by atoms with Crippen molar-refractivity contribution in [3.05, 3.63) is 175 Å². The van der Waals surface area contributed by atoms with Crippen molar-refractivity contribution in [3.8, 4) is 44.5 Å². The van der Waals surface area contributed by atoms with Crippen molar-refractivity contribution in [2.45, 2.75) is 5.92 Å². The number of nitrogens with one attached hydrogen (secondary N) is 2. The van der Waals surface area contributed by atoms with Gasteiger partial charge in [-0.1, -0.05) is 0 Å². The first kappa shape index (κ1) is 52.3. The molecule has 392 valence electrons. The number of hydrogen-bond acceptors (Lipinski definition) is 2. The Morgan fingerprint density at radius 3 is 0.855 bits per heavy atom. The van der Waals surface area contributed by atoms with Crippen LogP contribution in [0.5, 0.6) is 0 Å². The van der Waals surface area contributed by atoms with Crippen LogP contribution in [-0.4, -0.2) is 19.9 Å². The molecule has 0 radical (unpaired) electrons. The lowest BCUT2D eigenvalue weighted by molar-refractivity contribution is 0.00763. The van der Waals surface area contributed by atoms with E-state index in [4.69, 9.17) is 0 Å². The molecule has 0 saturated carbocycles. The number of allylic oxidation sites excluding steroid dienone is 1. The molecule has 4 nitrogen and oxygen atoms in total. The van der Waals surface area contributed by atoms with Crippen LogP contribution in [0.25, 0.3) is 90.9 Å². The maximum atomic E-state index is 16.4. The van der Waals surface area contributed by atoms with E-state index < -0.39 is 235 Å². The predicted octanol–water partition coefficient (Wildman–Crippen LogP) is 16.3. The van der Waals surface area contributed by atoms with E-state index in [1.165, 1.54) is 0 Å². The van der Waals surface area contributed by atoms with Gasteiger partial charge in [0.05, 0.1) is 56.1 Å². The highest BCUT2D eigenvalue weighted by Crippen LogP contribution is 2.49. The summed E-state index contributed by atoms with van der Waals surface area (Å²) in [5, 5.41) is 0. The molecule has 0 amide bonds. The second-order valence-electron chi connectivity index (χ2n) is 15.6. The van der Waals surface area contributed by atoms with Gasteiger partial charge in [-0.3, -0.25) is 0 Å². The lowest BCUT2D eigenvalue weighted by Crippen LogP contribution is -2.15. The predicted molar refractivity (Wildman–Crippen MR) is 214 cm³/mol. The molecule has 0 aliphatic carbocycles. The summed E-state index contributed by atoms with van der Waals surface area (Å²) in [5.41, 5.74) is -31.2. The largest absolute Gasteiger partial charge is 0.354 e. The smallest absolute Gasteiger partial charge is 0.331 e. The van der Waals surface area contributed by atoms with Gasteiger partial charge >= 0.3 is 12.0 Å². The fraction of sp³-hybridized carbons (Fsp3) is 0.0213. The van der Waals surface area contributed by atoms with Gasteiger partial charge in [0.25, 0.3) is 0 Å². The van der Waals surface area contributed by atoms with Crippen molar-refractivity contribution < 1.29 is 110 Å². The molecule has 8 bridgehead atoms. The average Bonchev–Trinajstić information content (AvgIpc) is 4.28. The van der Waals surface area contributed by atoms with Crippen molar-refractivity contribution in [2.24, 2.45) is 0 Å². The number of benzene rings is 4. The number of hydrogen-bond donors (Lipinski definition) is 2. The number of halogens is 25. The van der Waals surface area contributed by atoms with Gasteiger partial charge in [-0.05, 0) is 42.5 Å². The summed E-state index contributed by atoms with van der Waals surface area (Å²) in [6.07, 6.45) is -2.99. The molecule has 3 aromatic heterocycles. The number of H-pyrrole nitrogens is 2. The molecular formula is C47H9F25N4. The zero-order valence-corrected chi connectivity index (χ0v) is 35.4. The first-order valence-corrected chi connectivity index (χ1v) is 19.9. The highest BCUT2D eigenvalue weighted by Gasteiger charge is 2.45. The van der Waals surface area contributed by atoms with Crippen molar-refractivity contribution >= 4 is 46.4 Å². The molecule has 7 aromatic rings. The summed E-state index contributed by atoms with van der Waals surface area (Å²) in [6, 6.07) is 0.400. The van der Waals surface area contributed by atoms with Crippen LogP contribution >= 0.6 is 0 Å². The minimum Gasteiger partial charge on any atom is -0.354 e. The Morgan fingerprint density at radius 2 is 0.566 bits per heavy atom. The Labute approximate surface area is 401 Å². The second-order valence-corrected chi connectivity index (χ2v) is 15.6. The van der Waals surface area contributed by atoms with Crippen LogP contribution in [0.1, 0.15) is 28.3 Å². The Balaban J connectivity index is 1.69. The van der Waals surface area contributed by atoms with Crippen molar-refractivity contribution in [3.63, 3.8) is 0 Å². The van der Waals surface area contributed by atoms with Crippen molar-refractivity contribution in [1.29, 1.82) is 0 Å². The number of aromatic amines is 2. The SMILES string of the molecule is FC(F)=C(F)C(F)(F)c1cc2[nH]c1c(-c1c(F)c(F)c(F)c(F)c1F)c1nc(c(-c3c(F)c(F)c(F)c(F)c3F)c3ccc([nH]3)c(-c3c(F)c(F)c(F)c(F)c3F)c3nc(c2-c2c(F)c(F)c(F)c(F)c2F)C=C3)C=C1. The summed E-state index contributed by atoms with van der Waals surface area (Å²) in [7, 11) is 0. The van der Waals surface area contributed by atoms with E-state index >= 15 is 83.4 Å². The number of rotatable bonds is 6. The summed E-state index contributed by atoms with van der Waals surface area (Å²) in [4.78, 5) is 11.0. The molecule has 9 rings (SSSR count). The molecular weight excluding hydrogens is 1100 g/mol. The molecule has 29 heteroatoms. The van der Waals surface area contributed by atoms with E-state index in [2.05, 4.69) is 15.0 Å². The van der Waals surface area contributed by atoms with E-state index in [9.17, 15) is 26.3 Å². The molecule has 2 N–H and O–H groups in total. The fourth-order valence-corrected chi connectivity index (χ4v) is 8.12. The van der Waals surface area contributed by atoms with E-state index in [-0.39, 0.29) is 18.2 Å². The molecule has 5 heterocycles. The molecule has 0 unspecified atom stereocenters. The zero-order valence-electron chi connectivity index (χ0n) is 35.4. The third-order valence-corrected chi connectivity index (χ3v) is 11.5. The minimum atomic E-state index is -6.11. The van der Waals surface area contributed by atoms with Gasteiger partial charge in [-0.25, -0.2) is 97.8 Å². The van der Waals surface area contributed by atoms with Gasteiger partial charge < -0.3 is 9.97 Å². The van der Waals surface area contributed by atoms with Crippen LogP contribution in [0.4, 0.5) is 110 Å². The van der Waals surface area contributed by atoms with Crippen LogP contribution in [0.2, 0.25) is 0 Å². The lowest BCUT2D eigenvalue weighted by atomic mass is 9.97. The van der Waals surface area contributed by atoms with Crippen LogP contribution in [0.15, 0.2) is 30.1 Å². The Kier molecular flexibility index (Phi) is 12.5. The normalized spacial score (nSPS) is 12.4. The molecule has 76 heavy (non-hydrogen) atoms.